The molecule has 1 amide bonds. The van der Waals surface area contributed by atoms with Gasteiger partial charge in [-0.05, 0) is 26.9 Å². The number of phosphoric ester groups is 1. The number of carbonyl (C=O) groups excluding carboxylic acids is 1. The van der Waals surface area contributed by atoms with Crippen molar-refractivity contribution in [2.75, 3.05) is 33.9 Å². The highest BCUT2D eigenvalue weighted by molar-refractivity contribution is 7.45. The Morgan fingerprint density at radius 2 is 1.00 bits per heavy atom. The van der Waals surface area contributed by atoms with Crippen LogP contribution in [0.2, 0.25) is 0 Å². The van der Waals surface area contributed by atoms with Crippen LogP contribution in [0.3, 0.4) is 0 Å². The molecule has 0 heterocycles. The number of rotatable bonds is 39. The number of hydrogen-bond acceptors (Lipinski definition) is 7. The van der Waals surface area contributed by atoms with Crippen LogP contribution >= 0.6 is 7.82 Å². The van der Waals surface area contributed by atoms with E-state index in [1.54, 1.807) is 0 Å². The third-order valence-electron chi connectivity index (χ3n) is 9.62. The van der Waals surface area contributed by atoms with Gasteiger partial charge >= 0.3 is 0 Å². The summed E-state index contributed by atoms with van der Waals surface area (Å²) in [5, 5.41) is 13.8. The van der Waals surface area contributed by atoms with Crippen molar-refractivity contribution < 1.29 is 28.4 Å². The summed E-state index contributed by atoms with van der Waals surface area (Å²) in [6, 6.07) is -0.791. The van der Waals surface area contributed by atoms with Crippen molar-refractivity contribution in [3.8, 4) is 0 Å². The van der Waals surface area contributed by atoms with Crippen LogP contribution in [0.4, 0.5) is 0 Å². The van der Waals surface area contributed by atoms with Gasteiger partial charge in [0.1, 0.15) is 0 Å². The maximum atomic E-state index is 12.8. The van der Waals surface area contributed by atoms with Gasteiger partial charge in [0.05, 0.1) is 25.4 Å². The van der Waals surface area contributed by atoms with E-state index < -0.39 is 20.0 Å². The minimum Gasteiger partial charge on any atom is -0.756 e. The summed E-state index contributed by atoms with van der Waals surface area (Å²) in [5.74, 6) is -0.165. The standard InChI is InChI=1S/C40H83N2O6P/c1-5-7-9-11-13-15-17-19-20-22-24-26-28-30-32-34-40(44)41-38(37-48-49(45,46)47-36-35-42(3)4)39(43)33-31-29-27-25-23-21-18-16-14-12-10-8-6-2/h38-39,43H,5-37H2,1-4H3,(H,41,44)(H,45,46)/p-1. The molecule has 0 bridgehead atoms. The molecular formula is C40H82N2O6P-. The molecule has 9 heteroatoms. The van der Waals surface area contributed by atoms with E-state index in [9.17, 15) is 19.4 Å². The normalized spacial score (nSPS) is 14.3. The van der Waals surface area contributed by atoms with Crippen LogP contribution in [0.15, 0.2) is 0 Å². The highest BCUT2D eigenvalue weighted by Gasteiger charge is 2.24. The molecule has 0 saturated carbocycles. The van der Waals surface area contributed by atoms with E-state index in [-0.39, 0.29) is 19.1 Å². The van der Waals surface area contributed by atoms with Crippen molar-refractivity contribution in [2.24, 2.45) is 0 Å². The Hall–Kier alpha value is -0.500. The lowest BCUT2D eigenvalue weighted by Crippen LogP contribution is -2.46. The molecule has 0 aliphatic heterocycles. The van der Waals surface area contributed by atoms with Crippen LogP contribution in [0.25, 0.3) is 0 Å². The van der Waals surface area contributed by atoms with Gasteiger partial charge in [-0.1, -0.05) is 187 Å². The molecule has 0 aromatic rings. The van der Waals surface area contributed by atoms with E-state index in [1.807, 2.05) is 19.0 Å². The van der Waals surface area contributed by atoms with Gasteiger partial charge in [0.15, 0.2) is 0 Å². The first-order chi connectivity index (χ1) is 23.7. The molecule has 49 heavy (non-hydrogen) atoms. The van der Waals surface area contributed by atoms with Crippen LogP contribution < -0.4 is 10.2 Å². The molecule has 0 spiro atoms. The zero-order chi connectivity index (χ0) is 36.3. The fraction of sp³-hybridized carbons (Fsp3) is 0.975. The number of phosphoric acid groups is 1. The summed E-state index contributed by atoms with van der Waals surface area (Å²) in [7, 11) is -0.878. The number of nitrogens with zero attached hydrogens (tertiary/aromatic N) is 1. The van der Waals surface area contributed by atoms with E-state index in [0.29, 0.717) is 19.4 Å². The highest BCUT2D eigenvalue weighted by Crippen LogP contribution is 2.38. The van der Waals surface area contributed by atoms with Crippen molar-refractivity contribution in [1.29, 1.82) is 0 Å². The van der Waals surface area contributed by atoms with Gasteiger partial charge in [-0.25, -0.2) is 0 Å². The minimum atomic E-state index is -4.54. The van der Waals surface area contributed by atoms with Gasteiger partial charge in [0, 0.05) is 13.0 Å². The van der Waals surface area contributed by atoms with Crippen molar-refractivity contribution in [2.45, 2.75) is 219 Å². The molecule has 0 fully saturated rings. The maximum absolute atomic E-state index is 12.8. The maximum Gasteiger partial charge on any atom is 0.267 e. The van der Waals surface area contributed by atoms with Gasteiger partial charge in [0.2, 0.25) is 5.91 Å². The lowest BCUT2D eigenvalue weighted by molar-refractivity contribution is -0.226. The Kier molecular flexibility index (Phi) is 35.5. The third kappa shape index (κ3) is 35.7. The molecule has 3 atom stereocenters. The second kappa shape index (κ2) is 35.9. The van der Waals surface area contributed by atoms with E-state index in [4.69, 9.17) is 9.05 Å². The van der Waals surface area contributed by atoms with Crippen molar-refractivity contribution in [1.82, 2.24) is 10.2 Å². The monoisotopic (exact) mass is 718 g/mol. The summed E-state index contributed by atoms with van der Waals surface area (Å²) >= 11 is 0. The molecular weight excluding hydrogens is 635 g/mol. The summed E-state index contributed by atoms with van der Waals surface area (Å²) in [6.07, 6.45) is 35.2. The molecule has 3 unspecified atom stereocenters. The Labute approximate surface area is 304 Å². The molecule has 8 nitrogen and oxygen atoms in total. The average Bonchev–Trinajstić information content (AvgIpc) is 3.06. The molecule has 0 rings (SSSR count). The fourth-order valence-electron chi connectivity index (χ4n) is 6.30. The first-order valence-electron chi connectivity index (χ1n) is 20.9. The molecule has 2 N–H and O–H groups in total. The van der Waals surface area contributed by atoms with Crippen molar-refractivity contribution in [3.63, 3.8) is 0 Å². The third-order valence-corrected chi connectivity index (χ3v) is 10.6. The number of hydrogen-bond donors (Lipinski definition) is 2. The topological polar surface area (TPSA) is 111 Å². The zero-order valence-electron chi connectivity index (χ0n) is 32.9. The Morgan fingerprint density at radius 3 is 1.39 bits per heavy atom. The summed E-state index contributed by atoms with van der Waals surface area (Å²) in [4.78, 5) is 26.9. The largest absolute Gasteiger partial charge is 0.756 e. The number of carbonyl (C=O) groups is 1. The van der Waals surface area contributed by atoms with Gasteiger partial charge in [0.25, 0.3) is 7.82 Å². The molecule has 0 aromatic carbocycles. The number of aliphatic hydroxyl groups excluding tert-OH is 1. The number of aliphatic hydroxyl groups is 1. The molecule has 0 aliphatic rings. The van der Waals surface area contributed by atoms with E-state index in [0.717, 1.165) is 38.5 Å². The SMILES string of the molecule is CCCCCCCCCCCCCCCCCC(=O)NC(COP(=O)([O-])OCCN(C)C)C(O)CCCCCCCCCCCCCCC. The molecule has 0 aliphatic carbocycles. The Balaban J connectivity index is 4.30. The van der Waals surface area contributed by atoms with Crippen LogP contribution in [0.5, 0.6) is 0 Å². The number of amides is 1. The predicted molar refractivity (Wildman–Crippen MR) is 206 cm³/mol. The predicted octanol–water partition coefficient (Wildman–Crippen LogP) is 10.6. The average molecular weight is 718 g/mol. The Bertz CT molecular complexity index is 756. The zero-order valence-corrected chi connectivity index (χ0v) is 33.8. The van der Waals surface area contributed by atoms with Crippen LogP contribution in [-0.4, -0.2) is 61.9 Å². The van der Waals surface area contributed by atoms with Gasteiger partial charge < -0.3 is 29.3 Å². The van der Waals surface area contributed by atoms with E-state index in [2.05, 4.69) is 19.2 Å². The minimum absolute atomic E-state index is 0.00842. The molecule has 0 aromatic heterocycles. The summed E-state index contributed by atoms with van der Waals surface area (Å²) < 4.78 is 22.4. The highest BCUT2D eigenvalue weighted by atomic mass is 31.2. The van der Waals surface area contributed by atoms with Crippen LogP contribution in [0, 0.1) is 0 Å². The van der Waals surface area contributed by atoms with Gasteiger partial charge in [-0.3, -0.25) is 9.36 Å². The smallest absolute Gasteiger partial charge is 0.267 e. The number of unbranched alkanes of at least 4 members (excludes halogenated alkanes) is 26. The van der Waals surface area contributed by atoms with E-state index >= 15 is 0 Å². The van der Waals surface area contributed by atoms with Crippen molar-refractivity contribution in [3.05, 3.63) is 0 Å². The van der Waals surface area contributed by atoms with Crippen molar-refractivity contribution >= 4 is 13.7 Å². The van der Waals surface area contributed by atoms with E-state index in [1.165, 1.54) is 141 Å². The second-order valence-corrected chi connectivity index (χ2v) is 16.3. The Morgan fingerprint density at radius 1 is 0.633 bits per heavy atom. The first-order valence-corrected chi connectivity index (χ1v) is 22.4. The lowest BCUT2D eigenvalue weighted by atomic mass is 10.0. The first kappa shape index (κ1) is 48.5. The number of likely N-dealkylation sites (N-methyl/N-ethyl adjacent to an activating group) is 1. The summed E-state index contributed by atoms with van der Waals surface area (Å²) in [5.41, 5.74) is 0. The fourth-order valence-corrected chi connectivity index (χ4v) is 7.02. The summed E-state index contributed by atoms with van der Waals surface area (Å²) in [6.45, 7) is 4.63. The second-order valence-electron chi connectivity index (χ2n) is 14.9. The van der Waals surface area contributed by atoms with Gasteiger partial charge in [-0.15, -0.1) is 0 Å². The molecule has 0 radical (unpaired) electrons. The number of nitrogens with one attached hydrogen (secondary N) is 1. The quantitative estimate of drug-likeness (QED) is 0.0481. The molecule has 294 valence electrons. The lowest BCUT2D eigenvalue weighted by Gasteiger charge is -2.29. The van der Waals surface area contributed by atoms with Crippen LogP contribution in [0.1, 0.15) is 206 Å². The van der Waals surface area contributed by atoms with Gasteiger partial charge in [-0.2, -0.15) is 0 Å². The molecule has 0 saturated heterocycles. The van der Waals surface area contributed by atoms with Crippen LogP contribution in [-0.2, 0) is 18.4 Å².